The highest BCUT2D eigenvalue weighted by Crippen LogP contribution is 2.53. The van der Waals surface area contributed by atoms with Crippen molar-refractivity contribution < 1.29 is 32.7 Å². The molecule has 2 saturated heterocycles. The first kappa shape index (κ1) is 44.6. The molecule has 2 aromatic carbocycles. The van der Waals surface area contributed by atoms with Crippen LogP contribution in [-0.4, -0.2) is 95.2 Å². The Morgan fingerprint density at radius 2 is 1.80 bits per heavy atom. The van der Waals surface area contributed by atoms with Gasteiger partial charge in [0, 0.05) is 61.6 Å². The fraction of sp³-hybridized carbons (Fsp3) is 0.479. The number of morpholine rings is 1. The zero-order valence-electron chi connectivity index (χ0n) is 37.2. The molecule has 2 saturated carbocycles. The summed E-state index contributed by atoms with van der Waals surface area (Å²) in [6, 6.07) is 19.2. The van der Waals surface area contributed by atoms with Gasteiger partial charge in [-0.15, -0.1) is 0 Å². The number of hydrogen-bond acceptors (Lipinski definition) is 13. The van der Waals surface area contributed by atoms with E-state index < -0.39 is 37.0 Å². The van der Waals surface area contributed by atoms with Crippen LogP contribution < -0.4 is 19.7 Å². The molecule has 4 fully saturated rings. The quantitative estimate of drug-likeness (QED) is 0.0653. The third-order valence-corrected chi connectivity index (χ3v) is 15.6. The van der Waals surface area contributed by atoms with Crippen LogP contribution in [0, 0.1) is 21.4 Å². The number of amides is 1. The van der Waals surface area contributed by atoms with Gasteiger partial charge in [0.15, 0.2) is 0 Å². The molecule has 3 aromatic heterocycles. The smallest absolute Gasteiger partial charge is 0.312 e. The van der Waals surface area contributed by atoms with Crippen LogP contribution in [0.5, 0.6) is 11.5 Å². The zero-order chi connectivity index (χ0) is 45.5. The maximum absolute atomic E-state index is 14.0. The van der Waals surface area contributed by atoms with Crippen molar-refractivity contribution >= 4 is 44.2 Å². The van der Waals surface area contributed by atoms with Crippen molar-refractivity contribution in [2.45, 2.75) is 101 Å². The lowest BCUT2D eigenvalue weighted by atomic mass is 9.59. The molecule has 2 aliphatic carbocycles. The first-order valence-corrected chi connectivity index (χ1v) is 24.2. The van der Waals surface area contributed by atoms with E-state index in [9.17, 15) is 28.4 Å². The van der Waals surface area contributed by atoms with E-state index in [2.05, 4.69) is 72.9 Å². The monoisotopic (exact) mass is 906 g/mol. The summed E-state index contributed by atoms with van der Waals surface area (Å²) in [5.41, 5.74) is 3.20. The average molecular weight is 907 g/mol. The van der Waals surface area contributed by atoms with Crippen LogP contribution >= 0.6 is 0 Å². The summed E-state index contributed by atoms with van der Waals surface area (Å²) < 4.78 is 41.9. The number of pyridine rings is 2. The summed E-state index contributed by atoms with van der Waals surface area (Å²) in [6.45, 7) is 10.7. The highest BCUT2D eigenvalue weighted by molar-refractivity contribution is 7.90. The second-order valence-electron chi connectivity index (χ2n) is 19.1. The molecule has 17 heteroatoms. The predicted molar refractivity (Wildman–Crippen MR) is 247 cm³/mol. The first-order chi connectivity index (χ1) is 31.2. The Labute approximate surface area is 379 Å². The van der Waals surface area contributed by atoms with E-state index in [1.807, 2.05) is 6.07 Å². The van der Waals surface area contributed by atoms with Crippen molar-refractivity contribution in [1.82, 2.24) is 24.6 Å². The summed E-state index contributed by atoms with van der Waals surface area (Å²) >= 11 is 0. The molecule has 0 radical (unpaired) electrons. The summed E-state index contributed by atoms with van der Waals surface area (Å²) in [7, 11) is -4.63. The number of hydrogen-bond donors (Lipinski definition) is 4. The number of carbonyl (C=O) groups excluding carboxylic acids is 1. The van der Waals surface area contributed by atoms with E-state index in [-0.39, 0.29) is 34.5 Å². The number of piperidine rings is 1. The number of sulfonamides is 1. The molecule has 0 bridgehead atoms. The number of nitrogens with zero attached hydrogens (tertiary/aromatic N) is 5. The molecule has 4 N–H and O–H groups in total. The van der Waals surface area contributed by atoms with Gasteiger partial charge in [0.05, 0.1) is 47.7 Å². The molecule has 2 aliphatic heterocycles. The maximum Gasteiger partial charge on any atom is 0.312 e. The fourth-order valence-corrected chi connectivity index (χ4v) is 11.3. The number of ether oxygens (including phenoxy) is 2. The van der Waals surface area contributed by atoms with Gasteiger partial charge in [-0.1, -0.05) is 38.1 Å². The molecule has 65 heavy (non-hydrogen) atoms. The molecule has 16 nitrogen and oxygen atoms in total. The van der Waals surface area contributed by atoms with Crippen molar-refractivity contribution in [2.75, 3.05) is 49.6 Å². The predicted octanol–water partition coefficient (Wildman–Crippen LogP) is 8.08. The normalized spacial score (nSPS) is 22.8. The van der Waals surface area contributed by atoms with E-state index in [0.29, 0.717) is 49.3 Å². The molecule has 1 atom stereocenters. The number of nitro groups is 1. The molecule has 1 spiro atoms. The minimum Gasteiger partial charge on any atom is -0.455 e. The van der Waals surface area contributed by atoms with Gasteiger partial charge in [-0.3, -0.25) is 19.8 Å². The molecule has 5 aromatic rings. The number of aromatic nitrogens is 3. The van der Waals surface area contributed by atoms with Crippen LogP contribution in [0.3, 0.4) is 0 Å². The zero-order valence-corrected chi connectivity index (χ0v) is 38.0. The molecular weight excluding hydrogens is 849 g/mol. The van der Waals surface area contributed by atoms with Gasteiger partial charge in [-0.05, 0) is 111 Å². The van der Waals surface area contributed by atoms with Crippen LogP contribution in [-0.2, 0) is 14.8 Å². The standard InChI is InChI=1S/C48H58N8O8S/c1-31(2)38-6-4-5-7-39(38)42-30-63-21-20-55(42)35-25-48(26-35)15-18-54(19-16-48)34-8-9-40(43(23-34)64-36-22-33-12-17-49-44(33)51-28-36)46(57)53-65(61,62)37-24-41(56(59)60)45(52-29-37)50-27-32-10-13-47(3,58)14-11-32/h4-9,12,17,22-24,28-29,31-32,35,42,58H,10-11,13-16,18-21,25-27,30H2,1-3H3,(H,49,51)(H,50,52)(H,53,57)/t32?,42-,47?/m1/s1. The number of rotatable bonds is 13. The number of H-pyrrole nitrogens is 1. The maximum atomic E-state index is 14.0. The highest BCUT2D eigenvalue weighted by atomic mass is 32.2. The summed E-state index contributed by atoms with van der Waals surface area (Å²) in [4.78, 5) is 41.4. The number of fused-ring (bicyclic) bond motifs is 1. The van der Waals surface area contributed by atoms with Gasteiger partial charge in [-0.25, -0.2) is 23.1 Å². The Kier molecular flexibility index (Phi) is 12.3. The van der Waals surface area contributed by atoms with E-state index in [0.717, 1.165) is 88.1 Å². The number of aromatic amines is 1. The van der Waals surface area contributed by atoms with Gasteiger partial charge in [0.2, 0.25) is 5.82 Å². The van der Waals surface area contributed by atoms with E-state index >= 15 is 0 Å². The molecular formula is C48H58N8O8S. The molecule has 9 rings (SSSR count). The Bertz CT molecular complexity index is 2660. The minimum atomic E-state index is -4.63. The number of carbonyl (C=O) groups is 1. The lowest BCUT2D eigenvalue weighted by Crippen LogP contribution is -2.58. The van der Waals surface area contributed by atoms with E-state index in [1.165, 1.54) is 17.3 Å². The van der Waals surface area contributed by atoms with Crippen molar-refractivity contribution in [3.05, 3.63) is 106 Å². The lowest BCUT2D eigenvalue weighted by Gasteiger charge is -2.57. The van der Waals surface area contributed by atoms with Crippen LogP contribution in [0.15, 0.2) is 84.1 Å². The first-order valence-electron chi connectivity index (χ1n) is 22.8. The van der Waals surface area contributed by atoms with Crippen molar-refractivity contribution in [1.29, 1.82) is 0 Å². The summed E-state index contributed by atoms with van der Waals surface area (Å²) in [5, 5.41) is 26.2. The molecule has 5 heterocycles. The Balaban J connectivity index is 0.898. The third-order valence-electron chi connectivity index (χ3n) is 14.3. The Hall–Kier alpha value is -5.62. The van der Waals surface area contributed by atoms with Gasteiger partial charge < -0.3 is 29.8 Å². The Morgan fingerprint density at radius 3 is 2.55 bits per heavy atom. The molecule has 344 valence electrons. The van der Waals surface area contributed by atoms with Gasteiger partial charge >= 0.3 is 5.69 Å². The average Bonchev–Trinajstić information content (AvgIpc) is 3.76. The second kappa shape index (κ2) is 18.0. The van der Waals surface area contributed by atoms with Gasteiger partial charge in [-0.2, -0.15) is 0 Å². The largest absolute Gasteiger partial charge is 0.455 e. The van der Waals surface area contributed by atoms with Crippen LogP contribution in [0.1, 0.15) is 106 Å². The fourth-order valence-electron chi connectivity index (χ4n) is 10.4. The van der Waals surface area contributed by atoms with Crippen molar-refractivity contribution in [3.63, 3.8) is 0 Å². The number of benzene rings is 2. The number of aliphatic hydroxyl groups is 1. The van der Waals surface area contributed by atoms with E-state index in [4.69, 9.17) is 9.47 Å². The number of nitrogens with one attached hydrogen (secondary N) is 3. The topological polar surface area (TPSA) is 205 Å². The summed E-state index contributed by atoms with van der Waals surface area (Å²) in [6.07, 6.45) is 11.3. The van der Waals surface area contributed by atoms with Gasteiger partial charge in [0.1, 0.15) is 22.0 Å². The lowest BCUT2D eigenvalue weighted by molar-refractivity contribution is -0.384. The van der Waals surface area contributed by atoms with Crippen LogP contribution in [0.2, 0.25) is 0 Å². The van der Waals surface area contributed by atoms with Crippen LogP contribution in [0.25, 0.3) is 11.0 Å². The molecule has 1 amide bonds. The molecule has 0 unspecified atom stereocenters. The highest BCUT2D eigenvalue weighted by Gasteiger charge is 2.50. The van der Waals surface area contributed by atoms with Crippen LogP contribution in [0.4, 0.5) is 17.2 Å². The third kappa shape index (κ3) is 9.55. The summed E-state index contributed by atoms with van der Waals surface area (Å²) in [5.74, 6) is 0.0227. The van der Waals surface area contributed by atoms with Gasteiger partial charge in [0.25, 0.3) is 15.9 Å². The number of anilines is 2. The van der Waals surface area contributed by atoms with E-state index in [1.54, 1.807) is 37.4 Å². The minimum absolute atomic E-state index is 0.0480. The SMILES string of the molecule is CC(C)c1ccccc1[C@H]1COCCN1C1CC2(CCN(c3ccc(C(=O)NS(=O)(=O)c4cnc(NCC5CCC(C)(O)CC5)c([N+](=O)[O-])c4)c(Oc4cnc5[nH]ccc5c4)c3)CC2)C1. The Morgan fingerprint density at radius 1 is 1.03 bits per heavy atom. The molecule has 4 aliphatic rings. The van der Waals surface area contributed by atoms with Crippen molar-refractivity contribution in [2.24, 2.45) is 11.3 Å². The van der Waals surface area contributed by atoms with Crippen molar-refractivity contribution in [3.8, 4) is 11.5 Å². The second-order valence-corrected chi connectivity index (χ2v) is 20.8.